The molecule has 26 heavy (non-hydrogen) atoms. The van der Waals surface area contributed by atoms with Gasteiger partial charge < -0.3 is 4.74 Å². The number of rotatable bonds is 6. The van der Waals surface area contributed by atoms with Gasteiger partial charge in [0.2, 0.25) is 0 Å². The third kappa shape index (κ3) is 4.37. The van der Waals surface area contributed by atoms with Crippen LogP contribution in [0.5, 0.6) is 5.75 Å². The third-order valence-electron chi connectivity index (χ3n) is 3.51. The van der Waals surface area contributed by atoms with Gasteiger partial charge in [-0.2, -0.15) is 10.2 Å². The van der Waals surface area contributed by atoms with E-state index in [1.165, 1.54) is 0 Å². The Hall–Kier alpha value is -2.93. The molecule has 2 N–H and O–H groups in total. The lowest BCUT2D eigenvalue weighted by Crippen LogP contribution is -2.17. The van der Waals surface area contributed by atoms with Gasteiger partial charge >= 0.3 is 0 Å². The van der Waals surface area contributed by atoms with Gasteiger partial charge in [-0.15, -0.1) is 0 Å². The molecule has 0 atom stereocenters. The van der Waals surface area contributed by atoms with Crippen LogP contribution in [0.25, 0.3) is 11.3 Å². The molecule has 6 nitrogen and oxygen atoms in total. The maximum atomic E-state index is 12.2. The number of para-hydroxylation sites is 1. The van der Waals surface area contributed by atoms with E-state index >= 15 is 0 Å². The smallest absolute Gasteiger partial charge is 0.289 e. The van der Waals surface area contributed by atoms with Gasteiger partial charge in [0.15, 0.2) is 0 Å². The predicted octanol–water partition coefficient (Wildman–Crippen LogP) is 4.00. The molecule has 2 aromatic carbocycles. The van der Waals surface area contributed by atoms with Crippen LogP contribution < -0.4 is 10.2 Å². The Balaban J connectivity index is 1.70. The Labute approximate surface area is 159 Å². The van der Waals surface area contributed by atoms with E-state index in [1.807, 2.05) is 55.5 Å². The second-order valence-corrected chi connectivity index (χ2v) is 6.27. The average Bonchev–Trinajstić information content (AvgIpc) is 3.12. The number of ether oxygens (including phenoxy) is 1. The number of carbonyl (C=O) groups is 1. The van der Waals surface area contributed by atoms with Gasteiger partial charge in [-0.1, -0.05) is 40.2 Å². The first-order chi connectivity index (χ1) is 12.7. The first-order valence-electron chi connectivity index (χ1n) is 8.04. The molecule has 0 radical (unpaired) electrons. The van der Waals surface area contributed by atoms with Gasteiger partial charge in [0.05, 0.1) is 18.5 Å². The molecule has 1 amide bonds. The van der Waals surface area contributed by atoms with E-state index in [0.717, 1.165) is 21.3 Å². The molecule has 0 saturated carbocycles. The van der Waals surface area contributed by atoms with Crippen molar-refractivity contribution in [3.8, 4) is 17.0 Å². The molecule has 0 saturated heterocycles. The molecule has 0 aliphatic heterocycles. The summed E-state index contributed by atoms with van der Waals surface area (Å²) in [6, 6.07) is 16.8. The summed E-state index contributed by atoms with van der Waals surface area (Å²) in [5.41, 5.74) is 5.13. The van der Waals surface area contributed by atoms with Crippen LogP contribution in [0.4, 0.5) is 0 Å². The van der Waals surface area contributed by atoms with Gasteiger partial charge in [-0.05, 0) is 42.8 Å². The maximum Gasteiger partial charge on any atom is 0.289 e. The molecule has 0 aliphatic rings. The van der Waals surface area contributed by atoms with Gasteiger partial charge in [0.25, 0.3) is 5.91 Å². The zero-order chi connectivity index (χ0) is 18.4. The molecule has 1 heterocycles. The minimum atomic E-state index is -0.371. The number of carbonyl (C=O) groups excluding carboxylic acids is 1. The van der Waals surface area contributed by atoms with E-state index < -0.39 is 0 Å². The zero-order valence-electron chi connectivity index (χ0n) is 14.1. The lowest BCUT2D eigenvalue weighted by Gasteiger charge is -2.07. The molecule has 132 valence electrons. The number of aromatic nitrogens is 2. The SMILES string of the molecule is CCOc1ccccc1-c1cc(C(=O)N/N=C/c2cccc(Br)c2)[nH]n1. The molecule has 0 unspecified atom stereocenters. The fourth-order valence-corrected chi connectivity index (χ4v) is 2.77. The molecule has 3 aromatic rings. The highest BCUT2D eigenvalue weighted by Gasteiger charge is 2.13. The number of hydrogen-bond acceptors (Lipinski definition) is 4. The van der Waals surface area contributed by atoms with E-state index in [4.69, 9.17) is 4.74 Å². The molecule has 0 bridgehead atoms. The number of halogens is 1. The minimum Gasteiger partial charge on any atom is -0.493 e. The Morgan fingerprint density at radius 2 is 2.12 bits per heavy atom. The molecular weight excluding hydrogens is 396 g/mol. The maximum absolute atomic E-state index is 12.2. The van der Waals surface area contributed by atoms with Crippen molar-refractivity contribution in [1.82, 2.24) is 15.6 Å². The highest BCUT2D eigenvalue weighted by atomic mass is 79.9. The highest BCUT2D eigenvalue weighted by molar-refractivity contribution is 9.10. The monoisotopic (exact) mass is 412 g/mol. The van der Waals surface area contributed by atoms with E-state index in [1.54, 1.807) is 12.3 Å². The second-order valence-electron chi connectivity index (χ2n) is 5.35. The van der Waals surface area contributed by atoms with Crippen molar-refractivity contribution in [2.45, 2.75) is 6.92 Å². The Bertz CT molecular complexity index is 937. The largest absolute Gasteiger partial charge is 0.493 e. The molecule has 0 aliphatic carbocycles. The van der Waals surface area contributed by atoms with Gasteiger partial charge in [0.1, 0.15) is 11.4 Å². The van der Waals surface area contributed by atoms with Gasteiger partial charge in [-0.3, -0.25) is 9.89 Å². The summed E-state index contributed by atoms with van der Waals surface area (Å²) < 4.78 is 6.55. The summed E-state index contributed by atoms with van der Waals surface area (Å²) in [6.45, 7) is 2.47. The highest BCUT2D eigenvalue weighted by Crippen LogP contribution is 2.28. The fraction of sp³-hybridized carbons (Fsp3) is 0.105. The first-order valence-corrected chi connectivity index (χ1v) is 8.83. The number of nitrogens with zero attached hydrogens (tertiary/aromatic N) is 2. The van der Waals surface area contributed by atoms with Crippen LogP contribution in [0.1, 0.15) is 23.0 Å². The molecular formula is C19H17BrN4O2. The summed E-state index contributed by atoms with van der Waals surface area (Å²) in [7, 11) is 0. The quantitative estimate of drug-likeness (QED) is 0.474. The lowest BCUT2D eigenvalue weighted by atomic mass is 10.1. The molecule has 0 fully saturated rings. The summed E-state index contributed by atoms with van der Waals surface area (Å²) in [5.74, 6) is 0.352. The van der Waals surface area contributed by atoms with E-state index in [0.29, 0.717) is 18.0 Å². The van der Waals surface area contributed by atoms with Crippen molar-refractivity contribution >= 4 is 28.1 Å². The van der Waals surface area contributed by atoms with Crippen LogP contribution in [0.2, 0.25) is 0 Å². The van der Waals surface area contributed by atoms with E-state index in [9.17, 15) is 4.79 Å². The second kappa shape index (κ2) is 8.44. The summed E-state index contributed by atoms with van der Waals surface area (Å²) >= 11 is 3.39. The number of amides is 1. The van der Waals surface area contributed by atoms with Crippen LogP contribution in [0, 0.1) is 0 Å². The van der Waals surface area contributed by atoms with Crippen LogP contribution in [0.15, 0.2) is 64.2 Å². The van der Waals surface area contributed by atoms with Crippen LogP contribution in [-0.2, 0) is 0 Å². The molecule has 3 rings (SSSR count). The third-order valence-corrected chi connectivity index (χ3v) is 4.01. The average molecular weight is 413 g/mol. The van der Waals surface area contributed by atoms with Crippen molar-refractivity contribution in [3.63, 3.8) is 0 Å². The summed E-state index contributed by atoms with van der Waals surface area (Å²) in [6.07, 6.45) is 1.57. The Morgan fingerprint density at radius 3 is 2.92 bits per heavy atom. The number of nitrogens with one attached hydrogen (secondary N) is 2. The van der Waals surface area contributed by atoms with Crippen molar-refractivity contribution < 1.29 is 9.53 Å². The Morgan fingerprint density at radius 1 is 1.27 bits per heavy atom. The first kappa shape index (κ1) is 17.9. The van der Waals surface area contributed by atoms with E-state index in [2.05, 4.69) is 36.7 Å². The fourth-order valence-electron chi connectivity index (χ4n) is 2.35. The van der Waals surface area contributed by atoms with Crippen LogP contribution in [-0.4, -0.2) is 28.9 Å². The van der Waals surface area contributed by atoms with Crippen LogP contribution in [0.3, 0.4) is 0 Å². The van der Waals surface area contributed by atoms with Gasteiger partial charge in [-0.25, -0.2) is 5.43 Å². The number of benzene rings is 2. The number of H-pyrrole nitrogens is 1. The molecule has 0 spiro atoms. The van der Waals surface area contributed by atoms with Crippen molar-refractivity contribution in [2.75, 3.05) is 6.61 Å². The zero-order valence-corrected chi connectivity index (χ0v) is 15.7. The Kier molecular flexibility index (Phi) is 5.80. The van der Waals surface area contributed by atoms with Crippen LogP contribution >= 0.6 is 15.9 Å². The number of hydrazone groups is 1. The lowest BCUT2D eigenvalue weighted by molar-refractivity contribution is 0.0950. The number of aromatic amines is 1. The minimum absolute atomic E-state index is 0.317. The number of hydrogen-bond donors (Lipinski definition) is 2. The molecule has 7 heteroatoms. The van der Waals surface area contributed by atoms with Crippen molar-refractivity contribution in [2.24, 2.45) is 5.10 Å². The van der Waals surface area contributed by atoms with Crippen molar-refractivity contribution in [3.05, 3.63) is 70.3 Å². The predicted molar refractivity (Wildman–Crippen MR) is 104 cm³/mol. The van der Waals surface area contributed by atoms with Crippen molar-refractivity contribution in [1.29, 1.82) is 0 Å². The topological polar surface area (TPSA) is 79.4 Å². The van der Waals surface area contributed by atoms with Gasteiger partial charge in [0, 0.05) is 10.0 Å². The van der Waals surface area contributed by atoms with E-state index in [-0.39, 0.29) is 5.91 Å². The summed E-state index contributed by atoms with van der Waals surface area (Å²) in [5, 5.41) is 10.9. The standard InChI is InChI=1S/C19H17BrN4O2/c1-2-26-18-9-4-3-8-15(18)16-11-17(23-22-16)19(25)24-21-12-13-6-5-7-14(20)10-13/h3-12H,2H2,1H3,(H,22,23)(H,24,25)/b21-12+. The normalized spacial score (nSPS) is 10.8. The summed E-state index contributed by atoms with van der Waals surface area (Å²) in [4.78, 5) is 12.2. The molecule has 1 aromatic heterocycles.